The number of hydrogen-bond donors (Lipinski definition) is 2. The average Bonchev–Trinajstić information content (AvgIpc) is 3.31. The summed E-state index contributed by atoms with van der Waals surface area (Å²) in [6.45, 7) is 1.92. The third-order valence-corrected chi connectivity index (χ3v) is 4.64. The molecular weight excluding hydrogens is 399 g/mol. The molecule has 1 aromatic carbocycles. The van der Waals surface area contributed by atoms with Gasteiger partial charge in [0.2, 0.25) is 0 Å². The van der Waals surface area contributed by atoms with E-state index in [1.54, 1.807) is 0 Å². The molecule has 0 saturated carbocycles. The molecule has 2 heterocycles. The highest BCUT2D eigenvalue weighted by Gasteiger charge is 2.31. The topological polar surface area (TPSA) is 108 Å². The monoisotopic (exact) mass is 421 g/mol. The molecule has 0 spiro atoms. The van der Waals surface area contributed by atoms with E-state index in [1.165, 1.54) is 24.3 Å². The first kappa shape index (κ1) is 21.6. The Morgan fingerprint density at radius 3 is 2.57 bits per heavy atom. The van der Waals surface area contributed by atoms with Crippen molar-refractivity contribution >= 4 is 5.91 Å². The number of primary amides is 1. The number of aromatic nitrogens is 1. The summed E-state index contributed by atoms with van der Waals surface area (Å²) in [6, 6.07) is 7.87. The molecule has 3 rings (SSSR count). The lowest BCUT2D eigenvalue weighted by Crippen LogP contribution is -2.15. The van der Waals surface area contributed by atoms with Crippen LogP contribution in [0.1, 0.15) is 47.9 Å². The summed E-state index contributed by atoms with van der Waals surface area (Å²) in [5, 5.41) is 3.91. The van der Waals surface area contributed by atoms with E-state index in [2.05, 4.69) is 5.16 Å². The van der Waals surface area contributed by atoms with Gasteiger partial charge in [0.1, 0.15) is 17.1 Å². The molecule has 160 valence electrons. The minimum Gasteiger partial charge on any atom is -0.454 e. The van der Waals surface area contributed by atoms with Gasteiger partial charge in [-0.1, -0.05) is 23.7 Å². The molecular formula is C21H22F3N3O3. The maximum atomic E-state index is 13.0. The van der Waals surface area contributed by atoms with Crippen LogP contribution in [-0.4, -0.2) is 17.1 Å². The third-order valence-electron chi connectivity index (χ3n) is 4.64. The van der Waals surface area contributed by atoms with Crippen molar-refractivity contribution in [1.29, 1.82) is 0 Å². The molecule has 6 nitrogen and oxygen atoms in total. The van der Waals surface area contributed by atoms with Crippen LogP contribution >= 0.6 is 0 Å². The molecule has 0 fully saturated rings. The number of amides is 1. The lowest BCUT2D eigenvalue weighted by Gasteiger charge is -2.07. The molecule has 30 heavy (non-hydrogen) atoms. The fourth-order valence-corrected chi connectivity index (χ4v) is 3.14. The van der Waals surface area contributed by atoms with Crippen LogP contribution < -0.4 is 11.5 Å². The van der Waals surface area contributed by atoms with E-state index in [-0.39, 0.29) is 34.4 Å². The van der Waals surface area contributed by atoms with Gasteiger partial charge in [-0.2, -0.15) is 13.2 Å². The van der Waals surface area contributed by atoms with Crippen LogP contribution in [0.4, 0.5) is 13.2 Å². The van der Waals surface area contributed by atoms with Crippen LogP contribution in [0.15, 0.2) is 45.3 Å². The average molecular weight is 421 g/mol. The Bertz CT molecular complexity index is 1020. The number of carbonyl (C=O) groups excluding carboxylic acids is 1. The zero-order valence-electron chi connectivity index (χ0n) is 16.3. The van der Waals surface area contributed by atoms with Crippen molar-refractivity contribution in [3.63, 3.8) is 0 Å². The molecule has 9 heteroatoms. The Balaban J connectivity index is 1.86. The van der Waals surface area contributed by atoms with Gasteiger partial charge >= 0.3 is 6.18 Å². The molecule has 3 aromatic rings. The van der Waals surface area contributed by atoms with Crippen LogP contribution in [0.5, 0.6) is 0 Å². The first-order valence-corrected chi connectivity index (χ1v) is 9.48. The van der Waals surface area contributed by atoms with Crippen molar-refractivity contribution in [2.24, 2.45) is 11.5 Å². The van der Waals surface area contributed by atoms with Crippen molar-refractivity contribution < 1.29 is 26.9 Å². The Hall–Kier alpha value is -3.07. The van der Waals surface area contributed by atoms with E-state index < -0.39 is 17.6 Å². The Kier molecular flexibility index (Phi) is 6.31. The molecule has 0 aliphatic rings. The normalized spacial score (nSPS) is 12.8. The van der Waals surface area contributed by atoms with Crippen molar-refractivity contribution in [2.75, 3.05) is 0 Å². The van der Waals surface area contributed by atoms with Gasteiger partial charge < -0.3 is 20.4 Å². The summed E-state index contributed by atoms with van der Waals surface area (Å²) in [4.78, 5) is 12.0. The number of hydrogen-bond acceptors (Lipinski definition) is 5. The number of rotatable bonds is 8. The molecule has 1 unspecified atom stereocenters. The second kappa shape index (κ2) is 8.74. The molecule has 0 radical (unpaired) electrons. The molecule has 1 atom stereocenters. The lowest BCUT2D eigenvalue weighted by atomic mass is 10.0. The minimum absolute atomic E-state index is 0.0864. The van der Waals surface area contributed by atoms with Crippen molar-refractivity contribution in [3.8, 4) is 22.8 Å². The van der Waals surface area contributed by atoms with E-state index in [4.69, 9.17) is 20.4 Å². The molecule has 0 saturated heterocycles. The number of alkyl halides is 3. The van der Waals surface area contributed by atoms with Crippen LogP contribution in [0.2, 0.25) is 0 Å². The number of unbranched alkanes of at least 4 members (excludes halogenated alkanes) is 1. The maximum absolute atomic E-state index is 13.0. The highest BCUT2D eigenvalue weighted by atomic mass is 19.4. The smallest absolute Gasteiger partial charge is 0.416 e. The predicted molar refractivity (Wildman–Crippen MR) is 104 cm³/mol. The van der Waals surface area contributed by atoms with Crippen LogP contribution in [0.25, 0.3) is 22.8 Å². The molecule has 0 aliphatic heterocycles. The highest BCUT2D eigenvalue weighted by molar-refractivity contribution is 5.99. The Morgan fingerprint density at radius 2 is 1.90 bits per heavy atom. The van der Waals surface area contributed by atoms with Crippen LogP contribution in [-0.2, 0) is 12.6 Å². The van der Waals surface area contributed by atoms with Crippen LogP contribution in [0.3, 0.4) is 0 Å². The van der Waals surface area contributed by atoms with Gasteiger partial charge in [-0.25, -0.2) is 0 Å². The number of carbonyl (C=O) groups is 1. The highest BCUT2D eigenvalue weighted by Crippen LogP contribution is 2.35. The van der Waals surface area contributed by atoms with Gasteiger partial charge in [-0.05, 0) is 44.0 Å². The largest absolute Gasteiger partial charge is 0.454 e. The first-order chi connectivity index (χ1) is 14.2. The molecule has 4 N–H and O–H groups in total. The predicted octanol–water partition coefficient (Wildman–Crippen LogP) is 4.78. The Morgan fingerprint density at radius 1 is 1.17 bits per heavy atom. The summed E-state index contributed by atoms with van der Waals surface area (Å²) in [6.07, 6.45) is -1.58. The van der Waals surface area contributed by atoms with E-state index in [1.807, 2.05) is 6.92 Å². The van der Waals surface area contributed by atoms with E-state index >= 15 is 0 Å². The fourth-order valence-electron chi connectivity index (χ4n) is 3.14. The third kappa shape index (κ3) is 4.91. The number of benzene rings is 1. The van der Waals surface area contributed by atoms with E-state index in [9.17, 15) is 18.0 Å². The fraction of sp³-hybridized carbons (Fsp3) is 0.333. The summed E-state index contributed by atoms with van der Waals surface area (Å²) in [5.41, 5.74) is 10.9. The van der Waals surface area contributed by atoms with Crippen molar-refractivity contribution in [1.82, 2.24) is 5.16 Å². The number of aryl methyl sites for hydroxylation is 1. The van der Waals surface area contributed by atoms with Gasteiger partial charge in [0, 0.05) is 18.0 Å². The second-order valence-electron chi connectivity index (χ2n) is 7.16. The SMILES string of the molecule is CC(N)CCCCc1onc(-c2ccc(-c3cccc(C(F)(F)F)c3)o2)c1C(N)=O. The molecule has 1 amide bonds. The zero-order valence-corrected chi connectivity index (χ0v) is 16.3. The van der Waals surface area contributed by atoms with Gasteiger partial charge in [0.15, 0.2) is 11.5 Å². The van der Waals surface area contributed by atoms with Crippen molar-refractivity contribution in [3.05, 3.63) is 53.3 Å². The van der Waals surface area contributed by atoms with Gasteiger partial charge in [-0.3, -0.25) is 4.79 Å². The lowest BCUT2D eigenvalue weighted by molar-refractivity contribution is -0.137. The second-order valence-corrected chi connectivity index (χ2v) is 7.16. The number of halogens is 3. The molecule has 0 bridgehead atoms. The van der Waals surface area contributed by atoms with E-state index in [0.29, 0.717) is 12.2 Å². The van der Waals surface area contributed by atoms with E-state index in [0.717, 1.165) is 31.4 Å². The number of furan rings is 1. The van der Waals surface area contributed by atoms with Gasteiger partial charge in [0.25, 0.3) is 5.91 Å². The van der Waals surface area contributed by atoms with Crippen molar-refractivity contribution in [2.45, 2.75) is 44.8 Å². The minimum atomic E-state index is -4.46. The number of nitrogens with zero attached hydrogens (tertiary/aromatic N) is 1. The number of nitrogens with two attached hydrogens (primary N) is 2. The zero-order chi connectivity index (χ0) is 21.9. The first-order valence-electron chi connectivity index (χ1n) is 9.48. The van der Waals surface area contributed by atoms with Gasteiger partial charge in [0.05, 0.1) is 5.56 Å². The summed E-state index contributed by atoms with van der Waals surface area (Å²) in [7, 11) is 0. The van der Waals surface area contributed by atoms with Crippen LogP contribution in [0, 0.1) is 0 Å². The maximum Gasteiger partial charge on any atom is 0.416 e. The van der Waals surface area contributed by atoms with Gasteiger partial charge in [-0.15, -0.1) is 0 Å². The standard InChI is InChI=1S/C21H22F3N3O3/c1-12(25)5-2-3-8-16-18(20(26)28)19(27-30-16)17-10-9-15(29-17)13-6-4-7-14(11-13)21(22,23)24/h4,6-7,9-12H,2-3,5,8,25H2,1H3,(H2,26,28). The summed E-state index contributed by atoms with van der Waals surface area (Å²) in [5.74, 6) is 0.0134. The molecule has 0 aliphatic carbocycles. The molecule has 2 aromatic heterocycles. The summed E-state index contributed by atoms with van der Waals surface area (Å²) >= 11 is 0. The summed E-state index contributed by atoms with van der Waals surface area (Å²) < 4.78 is 49.9. The quantitative estimate of drug-likeness (QED) is 0.509. The Labute approximate surface area is 171 Å².